The molecule has 0 aliphatic rings. The van der Waals surface area contributed by atoms with Crippen molar-refractivity contribution in [1.82, 2.24) is 14.9 Å². The number of aromatic nitrogens is 2. The average molecular weight is 401 g/mol. The Morgan fingerprint density at radius 2 is 2.15 bits per heavy atom. The number of nitrogens with zero attached hydrogens (tertiary/aromatic N) is 2. The average Bonchev–Trinajstić information content (AvgIpc) is 2.81. The summed E-state index contributed by atoms with van der Waals surface area (Å²) in [5.41, 5.74) is 1.30. The van der Waals surface area contributed by atoms with E-state index < -0.39 is 0 Å². The second-order valence-corrected chi connectivity index (χ2v) is 6.54. The lowest BCUT2D eigenvalue weighted by Gasteiger charge is -2.20. The van der Waals surface area contributed by atoms with Gasteiger partial charge in [-0.15, -0.1) is 0 Å². The van der Waals surface area contributed by atoms with Gasteiger partial charge in [0.2, 0.25) is 0 Å². The van der Waals surface area contributed by atoms with E-state index in [0.717, 1.165) is 34.2 Å². The van der Waals surface area contributed by atoms with Gasteiger partial charge in [0.1, 0.15) is 5.82 Å². The molecule has 1 aromatic carbocycles. The van der Waals surface area contributed by atoms with Crippen molar-refractivity contribution in [2.24, 2.45) is 7.05 Å². The van der Waals surface area contributed by atoms with Crippen LogP contribution in [0.15, 0.2) is 39.5 Å². The van der Waals surface area contributed by atoms with E-state index in [0.29, 0.717) is 6.04 Å². The van der Waals surface area contributed by atoms with E-state index in [1.165, 1.54) is 5.56 Å². The first-order valence-electron chi connectivity index (χ1n) is 6.76. The van der Waals surface area contributed by atoms with Crippen LogP contribution in [0.4, 0.5) is 0 Å². The third-order valence-electron chi connectivity index (χ3n) is 3.37. The van der Waals surface area contributed by atoms with Crippen LogP contribution in [0.3, 0.4) is 0 Å². The Bertz CT molecular complexity index is 566. The maximum absolute atomic E-state index is 4.39. The molecule has 0 saturated carbocycles. The Morgan fingerprint density at radius 3 is 2.75 bits per heavy atom. The molecule has 1 heterocycles. The fourth-order valence-corrected chi connectivity index (χ4v) is 3.63. The molecule has 1 unspecified atom stereocenters. The topological polar surface area (TPSA) is 29.9 Å². The summed E-state index contributed by atoms with van der Waals surface area (Å²) in [6, 6.07) is 6.69. The Kier molecular flexibility index (Phi) is 5.81. The number of rotatable bonds is 6. The molecule has 20 heavy (non-hydrogen) atoms. The number of halogens is 2. The Hall–Kier alpha value is -0.650. The van der Waals surface area contributed by atoms with Gasteiger partial charge in [0.15, 0.2) is 0 Å². The molecule has 0 fully saturated rings. The molecule has 3 nitrogen and oxygen atoms in total. The van der Waals surface area contributed by atoms with E-state index in [1.807, 2.05) is 19.4 Å². The van der Waals surface area contributed by atoms with Crippen LogP contribution in [-0.4, -0.2) is 16.1 Å². The lowest BCUT2D eigenvalue weighted by Crippen LogP contribution is -2.22. The first-order chi connectivity index (χ1) is 9.61. The predicted octanol–water partition coefficient (Wildman–Crippen LogP) is 4.23. The highest BCUT2D eigenvalue weighted by Crippen LogP contribution is 2.29. The van der Waals surface area contributed by atoms with Crippen molar-refractivity contribution in [2.45, 2.75) is 25.8 Å². The molecule has 1 N–H and O–H groups in total. The molecule has 0 spiro atoms. The van der Waals surface area contributed by atoms with Crippen LogP contribution >= 0.6 is 31.9 Å². The molecule has 0 amide bonds. The fourth-order valence-electron chi connectivity index (χ4n) is 2.31. The van der Waals surface area contributed by atoms with Crippen molar-refractivity contribution in [2.75, 3.05) is 6.54 Å². The van der Waals surface area contributed by atoms with Crippen LogP contribution < -0.4 is 5.32 Å². The summed E-state index contributed by atoms with van der Waals surface area (Å²) >= 11 is 7.16. The standard InChI is InChI=1S/C15H19Br2N3/c1-3-18-14(6-7-15-19-8-9-20(15)2)12-5-4-11(16)10-13(12)17/h4-5,8-10,14,18H,3,6-7H2,1-2H3. The Labute approximate surface area is 137 Å². The molecule has 2 rings (SSSR count). The SMILES string of the molecule is CCNC(CCc1nccn1C)c1ccc(Br)cc1Br. The second kappa shape index (κ2) is 7.38. The smallest absolute Gasteiger partial charge is 0.108 e. The molecule has 0 bridgehead atoms. The highest BCUT2D eigenvalue weighted by atomic mass is 79.9. The Morgan fingerprint density at radius 1 is 1.35 bits per heavy atom. The van der Waals surface area contributed by atoms with Crippen LogP contribution in [0.5, 0.6) is 0 Å². The molecule has 0 saturated heterocycles. The van der Waals surface area contributed by atoms with Gasteiger partial charge in [-0.3, -0.25) is 0 Å². The van der Waals surface area contributed by atoms with Crippen molar-refractivity contribution >= 4 is 31.9 Å². The number of aryl methyl sites for hydroxylation is 2. The zero-order valence-corrected chi connectivity index (χ0v) is 14.9. The van der Waals surface area contributed by atoms with E-state index in [-0.39, 0.29) is 0 Å². The van der Waals surface area contributed by atoms with Crippen molar-refractivity contribution in [1.29, 1.82) is 0 Å². The molecule has 1 aromatic heterocycles. The summed E-state index contributed by atoms with van der Waals surface area (Å²) in [6.45, 7) is 3.09. The lowest BCUT2D eigenvalue weighted by molar-refractivity contribution is 0.504. The van der Waals surface area contributed by atoms with Gasteiger partial charge < -0.3 is 9.88 Å². The maximum atomic E-state index is 4.39. The fraction of sp³-hybridized carbons (Fsp3) is 0.400. The minimum atomic E-state index is 0.333. The largest absolute Gasteiger partial charge is 0.338 e. The highest BCUT2D eigenvalue weighted by molar-refractivity contribution is 9.11. The van der Waals surface area contributed by atoms with Crippen molar-refractivity contribution in [3.8, 4) is 0 Å². The summed E-state index contributed by atoms with van der Waals surface area (Å²) in [5, 5.41) is 3.56. The lowest BCUT2D eigenvalue weighted by atomic mass is 10.0. The van der Waals surface area contributed by atoms with Gasteiger partial charge in [0, 0.05) is 40.8 Å². The van der Waals surface area contributed by atoms with Crippen LogP contribution in [0.25, 0.3) is 0 Å². The third-order valence-corrected chi connectivity index (χ3v) is 4.55. The number of imidazole rings is 1. The van der Waals surface area contributed by atoms with Gasteiger partial charge in [-0.2, -0.15) is 0 Å². The first kappa shape index (κ1) is 15.7. The predicted molar refractivity (Wildman–Crippen MR) is 89.8 cm³/mol. The molecule has 108 valence electrons. The van der Waals surface area contributed by atoms with Crippen molar-refractivity contribution in [3.05, 3.63) is 50.9 Å². The normalized spacial score (nSPS) is 12.6. The molecular weight excluding hydrogens is 382 g/mol. The van der Waals surface area contributed by atoms with Crippen molar-refractivity contribution < 1.29 is 0 Å². The molecule has 5 heteroatoms. The summed E-state index contributed by atoms with van der Waals surface area (Å²) in [6.07, 6.45) is 5.84. The number of hydrogen-bond donors (Lipinski definition) is 1. The van der Waals surface area contributed by atoms with E-state index in [1.54, 1.807) is 0 Å². The molecule has 0 aliphatic carbocycles. The maximum Gasteiger partial charge on any atom is 0.108 e. The van der Waals surface area contributed by atoms with Crippen LogP contribution in [-0.2, 0) is 13.5 Å². The minimum absolute atomic E-state index is 0.333. The zero-order valence-electron chi connectivity index (χ0n) is 11.7. The van der Waals surface area contributed by atoms with Gasteiger partial charge in [0.05, 0.1) is 0 Å². The number of nitrogens with one attached hydrogen (secondary N) is 1. The zero-order chi connectivity index (χ0) is 14.5. The second-order valence-electron chi connectivity index (χ2n) is 4.77. The van der Waals surface area contributed by atoms with Gasteiger partial charge in [-0.25, -0.2) is 4.98 Å². The Balaban J connectivity index is 2.12. The number of benzene rings is 1. The monoisotopic (exact) mass is 399 g/mol. The first-order valence-corrected chi connectivity index (χ1v) is 8.35. The summed E-state index contributed by atoms with van der Waals surface area (Å²) < 4.78 is 4.31. The van der Waals surface area contributed by atoms with Crippen LogP contribution in [0, 0.1) is 0 Å². The van der Waals surface area contributed by atoms with Gasteiger partial charge in [-0.05, 0) is 30.7 Å². The van der Waals surface area contributed by atoms with E-state index in [4.69, 9.17) is 0 Å². The molecule has 0 aliphatic heterocycles. The van der Waals surface area contributed by atoms with E-state index in [2.05, 4.69) is 71.9 Å². The molecule has 2 aromatic rings. The summed E-state index contributed by atoms with van der Waals surface area (Å²) in [4.78, 5) is 4.39. The third kappa shape index (κ3) is 3.93. The van der Waals surface area contributed by atoms with Crippen LogP contribution in [0.2, 0.25) is 0 Å². The molecular formula is C15H19Br2N3. The van der Waals surface area contributed by atoms with Gasteiger partial charge in [0.25, 0.3) is 0 Å². The van der Waals surface area contributed by atoms with Crippen molar-refractivity contribution in [3.63, 3.8) is 0 Å². The van der Waals surface area contributed by atoms with Gasteiger partial charge >= 0.3 is 0 Å². The number of hydrogen-bond acceptors (Lipinski definition) is 2. The quantitative estimate of drug-likeness (QED) is 0.786. The highest BCUT2D eigenvalue weighted by Gasteiger charge is 2.14. The molecule has 0 radical (unpaired) electrons. The molecule has 1 atom stereocenters. The summed E-state index contributed by atoms with van der Waals surface area (Å²) in [7, 11) is 2.04. The van der Waals surface area contributed by atoms with Crippen LogP contribution in [0.1, 0.15) is 30.8 Å². The minimum Gasteiger partial charge on any atom is -0.338 e. The van der Waals surface area contributed by atoms with Gasteiger partial charge in [-0.1, -0.05) is 44.8 Å². The van der Waals surface area contributed by atoms with E-state index >= 15 is 0 Å². The van der Waals surface area contributed by atoms with E-state index in [9.17, 15) is 0 Å². The summed E-state index contributed by atoms with van der Waals surface area (Å²) in [5.74, 6) is 1.13.